The molecule has 0 saturated heterocycles. The molecule has 1 aromatic heterocycles. The molecule has 0 amide bonds. The molecule has 0 aliphatic rings. The minimum absolute atomic E-state index is 0.0143. The topological polar surface area (TPSA) is 91.0 Å². The second-order valence-electron chi connectivity index (χ2n) is 3.24. The van der Waals surface area contributed by atoms with Crippen LogP contribution in [-0.4, -0.2) is 32.3 Å². The van der Waals surface area contributed by atoms with Gasteiger partial charge >= 0.3 is 17.8 Å². The molecule has 0 radical (unpaired) electrons. The van der Waals surface area contributed by atoms with Crippen molar-refractivity contribution in [3.8, 4) is 0 Å². The Hall–Kier alpha value is -2.26. The third-order valence-electron chi connectivity index (χ3n) is 1.88. The first-order valence-electron chi connectivity index (χ1n) is 4.43. The molecular formula is C8H6F3N3O4. The molecule has 0 aromatic carbocycles. The van der Waals surface area contributed by atoms with Crippen LogP contribution in [0.5, 0.6) is 0 Å². The lowest BCUT2D eigenvalue weighted by molar-refractivity contribution is -0.0953. The van der Waals surface area contributed by atoms with Gasteiger partial charge in [-0.2, -0.15) is 22.8 Å². The highest BCUT2D eigenvalue weighted by molar-refractivity contribution is 5.84. The molecule has 1 rings (SSSR count). The summed E-state index contributed by atoms with van der Waals surface area (Å²) in [7, 11) is 0. The summed E-state index contributed by atoms with van der Waals surface area (Å²) < 4.78 is 35.9. The van der Waals surface area contributed by atoms with E-state index in [-0.39, 0.29) is 4.68 Å². The molecule has 0 spiro atoms. The zero-order chi connectivity index (χ0) is 14.2. The Morgan fingerprint density at radius 3 is 2.11 bits per heavy atom. The van der Waals surface area contributed by atoms with Crippen molar-refractivity contribution >= 4 is 11.8 Å². The highest BCUT2D eigenvalue weighted by atomic mass is 19.4. The SMILES string of the molecule is CC(=O)n1nc(C)c(=O)n(C(=O)C(F)(F)F)c1=O. The number of hydrogen-bond donors (Lipinski definition) is 0. The first-order valence-corrected chi connectivity index (χ1v) is 4.43. The van der Waals surface area contributed by atoms with Gasteiger partial charge in [0.15, 0.2) is 0 Å². The number of aromatic nitrogens is 3. The smallest absolute Gasteiger partial charge is 0.273 e. The fraction of sp³-hybridized carbons (Fsp3) is 0.375. The second-order valence-corrected chi connectivity index (χ2v) is 3.24. The lowest BCUT2D eigenvalue weighted by Gasteiger charge is -2.08. The van der Waals surface area contributed by atoms with Crippen molar-refractivity contribution in [1.29, 1.82) is 0 Å². The number of carbonyl (C=O) groups excluding carboxylic acids is 2. The summed E-state index contributed by atoms with van der Waals surface area (Å²) >= 11 is 0. The first kappa shape index (κ1) is 13.8. The number of aryl methyl sites for hydroxylation is 1. The van der Waals surface area contributed by atoms with Gasteiger partial charge in [0.1, 0.15) is 5.69 Å². The maximum Gasteiger partial charge on any atom is 0.472 e. The van der Waals surface area contributed by atoms with Crippen LogP contribution in [0.3, 0.4) is 0 Å². The van der Waals surface area contributed by atoms with Crippen molar-refractivity contribution in [1.82, 2.24) is 14.3 Å². The maximum absolute atomic E-state index is 12.2. The van der Waals surface area contributed by atoms with E-state index in [0.717, 1.165) is 13.8 Å². The number of rotatable bonds is 0. The lowest BCUT2D eigenvalue weighted by Crippen LogP contribution is -2.51. The average Bonchev–Trinajstić information content (AvgIpc) is 2.21. The van der Waals surface area contributed by atoms with Gasteiger partial charge in [-0.1, -0.05) is 0 Å². The summed E-state index contributed by atoms with van der Waals surface area (Å²) in [6, 6.07) is 0. The second kappa shape index (κ2) is 4.20. The molecule has 18 heavy (non-hydrogen) atoms. The fourth-order valence-electron chi connectivity index (χ4n) is 1.09. The lowest BCUT2D eigenvalue weighted by atomic mass is 10.5. The van der Waals surface area contributed by atoms with Gasteiger partial charge < -0.3 is 0 Å². The average molecular weight is 265 g/mol. The van der Waals surface area contributed by atoms with Crippen molar-refractivity contribution in [3.63, 3.8) is 0 Å². The molecule has 0 aliphatic carbocycles. The number of nitrogens with zero attached hydrogens (tertiary/aromatic N) is 3. The van der Waals surface area contributed by atoms with Crippen molar-refractivity contribution in [3.05, 3.63) is 26.5 Å². The third kappa shape index (κ3) is 2.21. The van der Waals surface area contributed by atoms with Crippen LogP contribution in [-0.2, 0) is 0 Å². The number of carbonyl (C=O) groups is 2. The molecule has 10 heteroatoms. The zero-order valence-corrected chi connectivity index (χ0v) is 9.11. The highest BCUT2D eigenvalue weighted by Gasteiger charge is 2.42. The molecule has 1 aromatic rings. The Kier molecular flexibility index (Phi) is 3.22. The van der Waals surface area contributed by atoms with Crippen molar-refractivity contribution in [2.75, 3.05) is 0 Å². The van der Waals surface area contributed by atoms with E-state index in [1.807, 2.05) is 0 Å². The van der Waals surface area contributed by atoms with Crippen LogP contribution in [0.15, 0.2) is 9.59 Å². The van der Waals surface area contributed by atoms with E-state index in [9.17, 15) is 32.3 Å². The third-order valence-corrected chi connectivity index (χ3v) is 1.88. The normalized spacial score (nSPS) is 11.4. The molecule has 0 atom stereocenters. The van der Waals surface area contributed by atoms with Gasteiger partial charge in [-0.15, -0.1) is 4.68 Å². The van der Waals surface area contributed by atoms with Crippen LogP contribution < -0.4 is 11.2 Å². The van der Waals surface area contributed by atoms with Crippen LogP contribution in [0.4, 0.5) is 13.2 Å². The molecule has 7 nitrogen and oxygen atoms in total. The number of hydrogen-bond acceptors (Lipinski definition) is 5. The molecule has 1 heterocycles. The van der Waals surface area contributed by atoms with Gasteiger partial charge in [0, 0.05) is 6.92 Å². The minimum Gasteiger partial charge on any atom is -0.273 e. The van der Waals surface area contributed by atoms with Crippen LogP contribution in [0.25, 0.3) is 0 Å². The summed E-state index contributed by atoms with van der Waals surface area (Å²) in [6.45, 7) is 1.82. The van der Waals surface area contributed by atoms with Gasteiger partial charge in [0.05, 0.1) is 0 Å². The predicted octanol–water partition coefficient (Wildman–Crippen LogP) is -0.424. The highest BCUT2D eigenvalue weighted by Crippen LogP contribution is 2.15. The monoisotopic (exact) mass is 265 g/mol. The standard InChI is InChI=1S/C8H6F3N3O4/c1-3-5(16)13(6(17)8(9,10)11)7(18)14(12-3)4(2)15/h1-2H3. The van der Waals surface area contributed by atoms with E-state index >= 15 is 0 Å². The predicted molar refractivity (Wildman–Crippen MR) is 50.5 cm³/mol. The van der Waals surface area contributed by atoms with Crippen LogP contribution >= 0.6 is 0 Å². The summed E-state index contributed by atoms with van der Waals surface area (Å²) in [4.78, 5) is 44.6. The van der Waals surface area contributed by atoms with E-state index in [2.05, 4.69) is 5.10 Å². The van der Waals surface area contributed by atoms with E-state index in [4.69, 9.17) is 0 Å². The zero-order valence-electron chi connectivity index (χ0n) is 9.11. The Morgan fingerprint density at radius 1 is 1.22 bits per heavy atom. The van der Waals surface area contributed by atoms with Crippen molar-refractivity contribution in [2.45, 2.75) is 20.0 Å². The Bertz CT molecular complexity index is 640. The summed E-state index contributed by atoms with van der Waals surface area (Å²) in [5, 5.41) is 3.20. The molecular weight excluding hydrogens is 259 g/mol. The largest absolute Gasteiger partial charge is 0.472 e. The molecule has 98 valence electrons. The molecule has 0 aliphatic heterocycles. The summed E-state index contributed by atoms with van der Waals surface area (Å²) in [6.07, 6.45) is -5.41. The maximum atomic E-state index is 12.2. The van der Waals surface area contributed by atoms with Crippen LogP contribution in [0, 0.1) is 6.92 Å². The van der Waals surface area contributed by atoms with E-state index in [0.29, 0.717) is 0 Å². The number of alkyl halides is 3. The van der Waals surface area contributed by atoms with Crippen LogP contribution in [0.2, 0.25) is 0 Å². The molecule has 0 N–H and O–H groups in total. The van der Waals surface area contributed by atoms with E-state index in [1.165, 1.54) is 0 Å². The van der Waals surface area contributed by atoms with E-state index < -0.39 is 39.5 Å². The Morgan fingerprint density at radius 2 is 1.72 bits per heavy atom. The quantitative estimate of drug-likeness (QED) is 0.635. The molecule has 0 bridgehead atoms. The van der Waals surface area contributed by atoms with Crippen molar-refractivity contribution < 1.29 is 22.8 Å². The fourth-order valence-corrected chi connectivity index (χ4v) is 1.09. The van der Waals surface area contributed by atoms with Gasteiger partial charge in [0.25, 0.3) is 5.56 Å². The van der Waals surface area contributed by atoms with Crippen molar-refractivity contribution in [2.24, 2.45) is 0 Å². The molecule has 0 saturated carbocycles. The van der Waals surface area contributed by atoms with Gasteiger partial charge in [-0.25, -0.2) is 4.79 Å². The van der Waals surface area contributed by atoms with Gasteiger partial charge in [-0.3, -0.25) is 14.4 Å². The Labute approximate surface area is 96.4 Å². The minimum atomic E-state index is -5.41. The Balaban J connectivity index is 3.75. The van der Waals surface area contributed by atoms with Crippen LogP contribution in [0.1, 0.15) is 22.2 Å². The molecule has 0 unspecified atom stereocenters. The summed E-state index contributed by atoms with van der Waals surface area (Å²) in [5.41, 5.74) is -3.84. The van der Waals surface area contributed by atoms with Gasteiger partial charge in [-0.05, 0) is 6.92 Å². The first-order chi connectivity index (χ1) is 8.07. The van der Waals surface area contributed by atoms with E-state index in [1.54, 1.807) is 0 Å². The summed E-state index contributed by atoms with van der Waals surface area (Å²) in [5.74, 6) is -3.69. The van der Waals surface area contributed by atoms with Gasteiger partial charge in [0.2, 0.25) is 5.91 Å². The number of halogens is 3. The molecule has 0 fully saturated rings.